The molecule has 0 saturated carbocycles. The van der Waals surface area contributed by atoms with E-state index in [0.29, 0.717) is 21.8 Å². The third-order valence-electron chi connectivity index (χ3n) is 2.70. The van der Waals surface area contributed by atoms with E-state index in [2.05, 4.69) is 0 Å². The van der Waals surface area contributed by atoms with Gasteiger partial charge in [-0.2, -0.15) is 0 Å². The van der Waals surface area contributed by atoms with Crippen molar-refractivity contribution in [2.75, 3.05) is 18.6 Å². The van der Waals surface area contributed by atoms with Crippen LogP contribution < -0.4 is 5.73 Å². The fourth-order valence-corrected chi connectivity index (χ4v) is 3.03. The van der Waals surface area contributed by atoms with Gasteiger partial charge < -0.3 is 10.5 Å². The Morgan fingerprint density at radius 2 is 2.31 bits per heavy atom. The molecular weight excluding hydrogens is 229 g/mol. The molecule has 0 spiro atoms. The molecule has 0 bridgehead atoms. The fourth-order valence-electron chi connectivity index (χ4n) is 1.75. The second kappa shape index (κ2) is 4.07. The van der Waals surface area contributed by atoms with E-state index < -0.39 is 6.10 Å². The second-order valence-electron chi connectivity index (χ2n) is 3.68. The molecule has 0 fully saturated rings. The van der Waals surface area contributed by atoms with Gasteiger partial charge >= 0.3 is 0 Å². The maximum absolute atomic E-state index is 13.4. The number of ether oxygens (including phenoxy) is 1. The summed E-state index contributed by atoms with van der Waals surface area (Å²) in [7, 11) is 1.49. The largest absolute Gasteiger partial charge is 0.398 e. The molecule has 2 N–H and O–H groups in total. The molecule has 1 aliphatic heterocycles. The zero-order valence-corrected chi connectivity index (χ0v) is 9.86. The van der Waals surface area contributed by atoms with Gasteiger partial charge in [-0.15, -0.1) is 11.8 Å². The molecular formula is C11H12FNO2S. The summed E-state index contributed by atoms with van der Waals surface area (Å²) >= 11 is 1.41. The van der Waals surface area contributed by atoms with Crippen molar-refractivity contribution in [1.29, 1.82) is 0 Å². The van der Waals surface area contributed by atoms with Crippen LogP contribution in [0.25, 0.3) is 0 Å². The maximum Gasteiger partial charge on any atom is 0.195 e. The Bertz CT molecular complexity index is 462. The number of hydrogen-bond donors (Lipinski definition) is 1. The Morgan fingerprint density at radius 3 is 2.94 bits per heavy atom. The summed E-state index contributed by atoms with van der Waals surface area (Å²) in [6.07, 6.45) is -0.482. The first kappa shape index (κ1) is 11.4. The van der Waals surface area contributed by atoms with Crippen LogP contribution in [-0.4, -0.2) is 24.7 Å². The van der Waals surface area contributed by atoms with Crippen LogP contribution in [0.4, 0.5) is 10.1 Å². The topological polar surface area (TPSA) is 52.3 Å². The molecule has 86 valence electrons. The van der Waals surface area contributed by atoms with Crippen LogP contribution in [0, 0.1) is 12.7 Å². The number of Topliss-reactive ketones (excluding diaryl/α,β-unsaturated/α-hetero) is 1. The highest BCUT2D eigenvalue weighted by molar-refractivity contribution is 7.99. The lowest BCUT2D eigenvalue weighted by atomic mass is 10.0. The van der Waals surface area contributed by atoms with E-state index >= 15 is 0 Å². The third kappa shape index (κ3) is 1.60. The van der Waals surface area contributed by atoms with Gasteiger partial charge in [-0.3, -0.25) is 4.79 Å². The van der Waals surface area contributed by atoms with Crippen LogP contribution in [0.5, 0.6) is 0 Å². The number of thioether (sulfide) groups is 1. The van der Waals surface area contributed by atoms with Crippen molar-refractivity contribution in [3.8, 4) is 0 Å². The average molecular weight is 241 g/mol. The molecule has 0 radical (unpaired) electrons. The average Bonchev–Trinajstić information content (AvgIpc) is 2.25. The van der Waals surface area contributed by atoms with Gasteiger partial charge in [-0.1, -0.05) is 0 Å². The van der Waals surface area contributed by atoms with Crippen LogP contribution >= 0.6 is 11.8 Å². The van der Waals surface area contributed by atoms with Crippen molar-refractivity contribution in [2.45, 2.75) is 17.9 Å². The quantitative estimate of drug-likeness (QED) is 0.764. The van der Waals surface area contributed by atoms with Crippen LogP contribution in [0.2, 0.25) is 0 Å². The Balaban J connectivity index is 2.61. The summed E-state index contributed by atoms with van der Waals surface area (Å²) in [4.78, 5) is 12.6. The molecule has 16 heavy (non-hydrogen) atoms. The number of carbonyl (C=O) groups is 1. The Hall–Kier alpha value is -1.07. The molecule has 5 heteroatoms. The van der Waals surface area contributed by atoms with Crippen LogP contribution in [0.3, 0.4) is 0 Å². The monoisotopic (exact) mass is 241 g/mol. The fraction of sp³-hybridized carbons (Fsp3) is 0.364. The number of hydrogen-bond acceptors (Lipinski definition) is 4. The van der Waals surface area contributed by atoms with Gasteiger partial charge in [0.15, 0.2) is 5.78 Å². The third-order valence-corrected chi connectivity index (χ3v) is 3.97. The number of carbonyl (C=O) groups excluding carboxylic acids is 1. The number of nitrogens with two attached hydrogens (primary N) is 1. The number of halogens is 1. The second-order valence-corrected chi connectivity index (χ2v) is 4.71. The lowest BCUT2D eigenvalue weighted by Gasteiger charge is -2.24. The highest BCUT2D eigenvalue weighted by Crippen LogP contribution is 2.38. The summed E-state index contributed by atoms with van der Waals surface area (Å²) in [5.41, 5.74) is 6.77. The van der Waals surface area contributed by atoms with Crippen molar-refractivity contribution in [3.63, 3.8) is 0 Å². The van der Waals surface area contributed by atoms with Crippen molar-refractivity contribution >= 4 is 23.2 Å². The maximum atomic E-state index is 13.4. The SMILES string of the molecule is COC1CSc2c(C)c(F)cc(N)c2C1=O. The molecule has 1 aliphatic rings. The van der Waals surface area contributed by atoms with Gasteiger partial charge in [0.1, 0.15) is 11.9 Å². The molecule has 1 heterocycles. The standard InChI is InChI=1S/C11H12FNO2S/c1-5-6(12)3-7(13)9-10(14)8(15-2)4-16-11(5)9/h3,8H,4,13H2,1-2H3. The number of methoxy groups -OCH3 is 1. The van der Waals surface area contributed by atoms with Crippen molar-refractivity contribution in [1.82, 2.24) is 0 Å². The number of fused-ring (bicyclic) bond motifs is 1. The van der Waals surface area contributed by atoms with Crippen molar-refractivity contribution in [2.24, 2.45) is 0 Å². The predicted molar refractivity (Wildman–Crippen MR) is 61.4 cm³/mol. The molecule has 1 atom stereocenters. The minimum absolute atomic E-state index is 0.156. The molecule has 0 aliphatic carbocycles. The molecule has 1 aromatic rings. The summed E-state index contributed by atoms with van der Waals surface area (Å²) < 4.78 is 18.5. The molecule has 3 nitrogen and oxygen atoms in total. The lowest BCUT2D eigenvalue weighted by molar-refractivity contribution is 0.0659. The van der Waals surface area contributed by atoms with Gasteiger partial charge in [0.05, 0.1) is 5.56 Å². The normalized spacial score (nSPS) is 19.7. The zero-order valence-electron chi connectivity index (χ0n) is 9.04. The highest BCUT2D eigenvalue weighted by Gasteiger charge is 2.31. The molecule has 1 aromatic carbocycles. The lowest BCUT2D eigenvalue weighted by Crippen LogP contribution is -2.30. The number of benzene rings is 1. The minimum Gasteiger partial charge on any atom is -0.398 e. The van der Waals surface area contributed by atoms with Gasteiger partial charge in [-0.05, 0) is 18.6 Å². The van der Waals surface area contributed by atoms with Gasteiger partial charge in [0, 0.05) is 23.4 Å². The smallest absolute Gasteiger partial charge is 0.195 e. The van der Waals surface area contributed by atoms with Crippen molar-refractivity contribution in [3.05, 3.63) is 23.0 Å². The van der Waals surface area contributed by atoms with Crippen molar-refractivity contribution < 1.29 is 13.9 Å². The summed E-state index contributed by atoms with van der Waals surface area (Å²) in [6, 6.07) is 1.20. The molecule has 0 saturated heterocycles. The van der Waals surface area contributed by atoms with Crippen LogP contribution in [0.1, 0.15) is 15.9 Å². The van der Waals surface area contributed by atoms with Gasteiger partial charge in [0.2, 0.25) is 0 Å². The zero-order chi connectivity index (χ0) is 11.9. The highest BCUT2D eigenvalue weighted by atomic mass is 32.2. The Kier molecular flexibility index (Phi) is 2.90. The predicted octanol–water partition coefficient (Wildman–Crippen LogP) is 2.02. The summed E-state index contributed by atoms with van der Waals surface area (Å²) in [5.74, 6) is -0.0178. The number of rotatable bonds is 1. The number of ketones is 1. The summed E-state index contributed by atoms with van der Waals surface area (Å²) in [5, 5.41) is 0. The Labute approximate surface area is 97.2 Å². The first-order valence-corrected chi connectivity index (χ1v) is 5.83. The van der Waals surface area contributed by atoms with Gasteiger partial charge in [0.25, 0.3) is 0 Å². The summed E-state index contributed by atoms with van der Waals surface area (Å²) in [6.45, 7) is 1.65. The van der Waals surface area contributed by atoms with E-state index in [-0.39, 0.29) is 17.3 Å². The van der Waals surface area contributed by atoms with E-state index in [9.17, 15) is 9.18 Å². The van der Waals surface area contributed by atoms with E-state index in [0.717, 1.165) is 0 Å². The Morgan fingerprint density at radius 1 is 1.62 bits per heavy atom. The molecule has 1 unspecified atom stereocenters. The van der Waals surface area contributed by atoms with E-state index in [1.807, 2.05) is 0 Å². The van der Waals surface area contributed by atoms with E-state index in [1.54, 1.807) is 6.92 Å². The first-order chi connectivity index (χ1) is 7.56. The minimum atomic E-state index is -0.482. The van der Waals surface area contributed by atoms with E-state index in [1.165, 1.54) is 24.9 Å². The molecule has 0 amide bonds. The van der Waals surface area contributed by atoms with Gasteiger partial charge in [-0.25, -0.2) is 4.39 Å². The van der Waals surface area contributed by atoms with Crippen LogP contribution in [-0.2, 0) is 4.74 Å². The van der Waals surface area contributed by atoms with E-state index in [4.69, 9.17) is 10.5 Å². The molecule has 2 rings (SSSR count). The number of anilines is 1. The molecule has 0 aromatic heterocycles. The van der Waals surface area contributed by atoms with Crippen LogP contribution in [0.15, 0.2) is 11.0 Å². The number of nitrogen functional groups attached to an aromatic ring is 1. The first-order valence-electron chi connectivity index (χ1n) is 4.84.